The van der Waals surface area contributed by atoms with Gasteiger partial charge in [0.25, 0.3) is 0 Å². The van der Waals surface area contributed by atoms with Crippen LogP contribution in [0.4, 0.5) is 0 Å². The van der Waals surface area contributed by atoms with Crippen LogP contribution in [-0.2, 0) is 6.54 Å². The number of rotatable bonds is 5. The highest BCUT2D eigenvalue weighted by Crippen LogP contribution is 2.25. The van der Waals surface area contributed by atoms with E-state index in [9.17, 15) is 5.11 Å². The molecule has 114 valence electrons. The van der Waals surface area contributed by atoms with Crippen LogP contribution in [0.2, 0.25) is 0 Å². The van der Waals surface area contributed by atoms with Gasteiger partial charge >= 0.3 is 0 Å². The third-order valence-corrected chi connectivity index (χ3v) is 4.71. The molecule has 3 N–H and O–H groups in total. The second-order valence-corrected chi connectivity index (χ2v) is 6.28. The summed E-state index contributed by atoms with van der Waals surface area (Å²) in [5.41, 5.74) is 2.56. The first-order valence-electron chi connectivity index (χ1n) is 7.05. The predicted molar refractivity (Wildman–Crippen MR) is 91.1 cm³/mol. The molecule has 1 aliphatic rings. The van der Waals surface area contributed by atoms with Gasteiger partial charge in [0.15, 0.2) is 0 Å². The van der Waals surface area contributed by atoms with Gasteiger partial charge in [-0.1, -0.05) is 30.3 Å². The maximum atomic E-state index is 9.74. The maximum absolute atomic E-state index is 9.74. The number of aliphatic hydroxyl groups excluding tert-OH is 1. The van der Waals surface area contributed by atoms with Crippen LogP contribution >= 0.6 is 23.7 Å². The number of hydrogen-bond acceptors (Lipinski definition) is 4. The fourth-order valence-corrected chi connectivity index (χ4v) is 3.43. The van der Waals surface area contributed by atoms with Crippen molar-refractivity contribution in [2.75, 3.05) is 19.6 Å². The average Bonchev–Trinajstić information content (AvgIpc) is 3.10. The van der Waals surface area contributed by atoms with Gasteiger partial charge in [0.1, 0.15) is 0 Å². The van der Waals surface area contributed by atoms with E-state index >= 15 is 0 Å². The van der Waals surface area contributed by atoms with Crippen LogP contribution in [0.25, 0.3) is 11.1 Å². The van der Waals surface area contributed by atoms with Crippen molar-refractivity contribution in [3.8, 4) is 11.1 Å². The molecule has 1 aromatic carbocycles. The molecule has 0 radical (unpaired) electrons. The summed E-state index contributed by atoms with van der Waals surface area (Å²) in [4.78, 5) is 1.34. The quantitative estimate of drug-likeness (QED) is 0.792. The van der Waals surface area contributed by atoms with Gasteiger partial charge in [-0.25, -0.2) is 0 Å². The van der Waals surface area contributed by atoms with E-state index in [-0.39, 0.29) is 18.5 Å². The molecule has 1 fully saturated rings. The Morgan fingerprint density at radius 3 is 2.71 bits per heavy atom. The Morgan fingerprint density at radius 2 is 2.00 bits per heavy atom. The zero-order valence-corrected chi connectivity index (χ0v) is 13.4. The van der Waals surface area contributed by atoms with Crippen molar-refractivity contribution in [3.05, 3.63) is 46.7 Å². The van der Waals surface area contributed by atoms with E-state index in [2.05, 4.69) is 46.3 Å². The maximum Gasteiger partial charge on any atom is 0.0716 e. The number of aliphatic hydroxyl groups is 1. The molecule has 1 aromatic heterocycles. The average molecular weight is 325 g/mol. The Morgan fingerprint density at radius 1 is 1.19 bits per heavy atom. The van der Waals surface area contributed by atoms with E-state index in [1.165, 1.54) is 16.0 Å². The van der Waals surface area contributed by atoms with Gasteiger partial charge < -0.3 is 15.7 Å². The topological polar surface area (TPSA) is 44.3 Å². The van der Waals surface area contributed by atoms with Crippen LogP contribution in [0.5, 0.6) is 0 Å². The van der Waals surface area contributed by atoms with Crippen LogP contribution in [0.15, 0.2) is 41.8 Å². The molecule has 0 bridgehead atoms. The minimum absolute atomic E-state index is 0. The highest BCUT2D eigenvalue weighted by atomic mass is 35.5. The second kappa shape index (κ2) is 7.92. The SMILES string of the molecule is Cl.OC1CNCC1CNCc1cc(-c2ccccc2)cs1. The van der Waals surface area contributed by atoms with Crippen LogP contribution in [0.1, 0.15) is 4.88 Å². The predicted octanol–water partition coefficient (Wildman–Crippen LogP) is 2.51. The van der Waals surface area contributed by atoms with Crippen molar-refractivity contribution < 1.29 is 5.11 Å². The van der Waals surface area contributed by atoms with Crippen molar-refractivity contribution in [2.45, 2.75) is 12.6 Å². The lowest BCUT2D eigenvalue weighted by Crippen LogP contribution is -2.29. The number of β-amino-alcohol motifs (C(OH)–C–C–N with tert-alkyl or cyclic N) is 1. The van der Waals surface area contributed by atoms with E-state index in [0.717, 1.165) is 26.2 Å². The third kappa shape index (κ3) is 4.28. The van der Waals surface area contributed by atoms with Gasteiger partial charge in [0, 0.05) is 37.0 Å². The molecule has 1 aliphatic heterocycles. The van der Waals surface area contributed by atoms with E-state index in [1.54, 1.807) is 11.3 Å². The van der Waals surface area contributed by atoms with Crippen LogP contribution in [0.3, 0.4) is 0 Å². The second-order valence-electron chi connectivity index (χ2n) is 5.28. The van der Waals surface area contributed by atoms with E-state index in [0.29, 0.717) is 5.92 Å². The van der Waals surface area contributed by atoms with Crippen molar-refractivity contribution in [2.24, 2.45) is 5.92 Å². The highest BCUT2D eigenvalue weighted by Gasteiger charge is 2.23. The third-order valence-electron chi connectivity index (χ3n) is 3.77. The van der Waals surface area contributed by atoms with Crippen molar-refractivity contribution in [1.82, 2.24) is 10.6 Å². The lowest BCUT2D eigenvalue weighted by Gasteiger charge is -2.13. The van der Waals surface area contributed by atoms with Gasteiger partial charge in [-0.2, -0.15) is 0 Å². The number of thiophene rings is 1. The number of benzene rings is 1. The molecule has 2 heterocycles. The Kier molecular flexibility index (Phi) is 6.21. The zero-order valence-electron chi connectivity index (χ0n) is 11.8. The lowest BCUT2D eigenvalue weighted by molar-refractivity contribution is 0.146. The molecular formula is C16H21ClN2OS. The van der Waals surface area contributed by atoms with Crippen LogP contribution in [0, 0.1) is 5.92 Å². The van der Waals surface area contributed by atoms with Crippen LogP contribution < -0.4 is 10.6 Å². The first kappa shape index (κ1) is 16.5. The Bertz CT molecular complexity index is 546. The molecule has 2 atom stereocenters. The number of halogens is 1. The fraction of sp³-hybridized carbons (Fsp3) is 0.375. The lowest BCUT2D eigenvalue weighted by atomic mass is 10.1. The molecule has 0 spiro atoms. The van der Waals surface area contributed by atoms with E-state index in [4.69, 9.17) is 0 Å². The zero-order chi connectivity index (χ0) is 13.8. The largest absolute Gasteiger partial charge is 0.391 e. The number of nitrogens with one attached hydrogen (secondary N) is 2. The first-order chi connectivity index (χ1) is 9.83. The minimum atomic E-state index is -0.203. The molecule has 0 amide bonds. The van der Waals surface area contributed by atoms with Crippen molar-refractivity contribution in [1.29, 1.82) is 0 Å². The van der Waals surface area contributed by atoms with E-state index < -0.39 is 0 Å². The summed E-state index contributed by atoms with van der Waals surface area (Å²) in [5, 5.41) is 18.6. The summed E-state index contributed by atoms with van der Waals surface area (Å²) in [6.45, 7) is 3.38. The molecule has 1 saturated heterocycles. The van der Waals surface area contributed by atoms with Crippen molar-refractivity contribution >= 4 is 23.7 Å². The highest BCUT2D eigenvalue weighted by molar-refractivity contribution is 7.10. The fourth-order valence-electron chi connectivity index (χ4n) is 2.56. The summed E-state index contributed by atoms with van der Waals surface area (Å²) in [6, 6.07) is 12.7. The van der Waals surface area contributed by atoms with Crippen molar-refractivity contribution in [3.63, 3.8) is 0 Å². The molecule has 0 aliphatic carbocycles. The standard InChI is InChI=1S/C16H20N2OS.ClH/c19-16-10-18-8-14(16)7-17-9-15-6-13(11-20-15)12-4-2-1-3-5-12;/h1-6,11,14,16-19H,7-10H2;1H. The first-order valence-corrected chi connectivity index (χ1v) is 7.93. The van der Waals surface area contributed by atoms with Gasteiger partial charge in [-0.05, 0) is 22.6 Å². The van der Waals surface area contributed by atoms with Gasteiger partial charge in [-0.3, -0.25) is 0 Å². The molecule has 21 heavy (non-hydrogen) atoms. The minimum Gasteiger partial charge on any atom is -0.391 e. The Hall–Kier alpha value is -0.910. The smallest absolute Gasteiger partial charge is 0.0716 e. The van der Waals surface area contributed by atoms with Crippen LogP contribution in [-0.4, -0.2) is 30.8 Å². The summed E-state index contributed by atoms with van der Waals surface area (Å²) >= 11 is 1.79. The Balaban J connectivity index is 0.00000161. The molecule has 0 saturated carbocycles. The molecule has 2 unspecified atom stereocenters. The summed E-state index contributed by atoms with van der Waals surface area (Å²) in [6.07, 6.45) is -0.203. The molecular weight excluding hydrogens is 304 g/mol. The molecule has 5 heteroatoms. The molecule has 3 rings (SSSR count). The molecule has 2 aromatic rings. The number of hydrogen-bond donors (Lipinski definition) is 3. The summed E-state index contributed by atoms with van der Waals surface area (Å²) < 4.78 is 0. The van der Waals surface area contributed by atoms with E-state index in [1.807, 2.05) is 6.07 Å². The van der Waals surface area contributed by atoms with Gasteiger partial charge in [0.2, 0.25) is 0 Å². The monoisotopic (exact) mass is 324 g/mol. The normalized spacial score (nSPS) is 21.2. The molecule has 3 nitrogen and oxygen atoms in total. The summed E-state index contributed by atoms with van der Waals surface area (Å²) in [7, 11) is 0. The van der Waals surface area contributed by atoms with Gasteiger partial charge in [-0.15, -0.1) is 23.7 Å². The summed E-state index contributed by atoms with van der Waals surface area (Å²) in [5.74, 6) is 0.337. The Labute approximate surface area is 135 Å². The van der Waals surface area contributed by atoms with Gasteiger partial charge in [0.05, 0.1) is 6.10 Å².